The summed E-state index contributed by atoms with van der Waals surface area (Å²) in [5.74, 6) is 1.38. The summed E-state index contributed by atoms with van der Waals surface area (Å²) in [7, 11) is 0. The van der Waals surface area contributed by atoms with E-state index >= 15 is 0 Å². The van der Waals surface area contributed by atoms with Gasteiger partial charge < -0.3 is 9.72 Å². The van der Waals surface area contributed by atoms with Gasteiger partial charge in [0.25, 0.3) is 5.78 Å². The molecule has 0 atom stereocenters. The molecule has 4 heterocycles. The van der Waals surface area contributed by atoms with Gasteiger partial charge in [0.05, 0.1) is 17.9 Å². The summed E-state index contributed by atoms with van der Waals surface area (Å²) in [5.41, 5.74) is 4.94. The van der Waals surface area contributed by atoms with E-state index < -0.39 is 0 Å². The molecule has 0 radical (unpaired) electrons. The number of hydrogen-bond donors (Lipinski definition) is 1. The van der Waals surface area contributed by atoms with Crippen molar-refractivity contribution >= 4 is 17.2 Å². The second kappa shape index (κ2) is 6.21. The number of hydrogen-bond acceptors (Lipinski definition) is 5. The van der Waals surface area contributed by atoms with Crippen LogP contribution >= 0.6 is 0 Å². The fourth-order valence-corrected chi connectivity index (χ4v) is 3.16. The van der Waals surface area contributed by atoms with E-state index in [2.05, 4.69) is 49.0 Å². The number of anilines is 1. The van der Waals surface area contributed by atoms with Gasteiger partial charge in [0, 0.05) is 23.5 Å². The number of aromatic nitrogens is 6. The Morgan fingerprint density at radius 2 is 1.89 bits per heavy atom. The number of nitrogens with one attached hydrogen (secondary N) is 1. The predicted molar refractivity (Wildman–Crippen MR) is 103 cm³/mol. The average molecular weight is 355 g/mol. The smallest absolute Gasteiger partial charge is 0.254 e. The fraction of sp³-hybridized carbons (Fsp3) is 0.100. The molecule has 5 aromatic rings. The van der Waals surface area contributed by atoms with Crippen LogP contribution in [0.25, 0.3) is 22.7 Å². The van der Waals surface area contributed by atoms with Crippen molar-refractivity contribution in [2.45, 2.75) is 13.5 Å². The Bertz CT molecular complexity index is 1240. The van der Waals surface area contributed by atoms with Crippen LogP contribution in [0, 0.1) is 6.92 Å². The molecule has 0 fully saturated rings. The van der Waals surface area contributed by atoms with Crippen molar-refractivity contribution in [2.24, 2.45) is 0 Å². The number of imidazole rings is 1. The van der Waals surface area contributed by atoms with Crippen LogP contribution in [-0.2, 0) is 6.54 Å². The lowest BCUT2D eigenvalue weighted by Gasteiger charge is -2.09. The van der Waals surface area contributed by atoms with Crippen LogP contribution < -0.4 is 5.32 Å². The predicted octanol–water partition coefficient (Wildman–Crippen LogP) is 3.36. The highest BCUT2D eigenvalue weighted by atomic mass is 15.4. The first kappa shape index (κ1) is 15.5. The van der Waals surface area contributed by atoms with E-state index in [-0.39, 0.29) is 0 Å². The molecule has 0 aliphatic heterocycles. The zero-order valence-corrected chi connectivity index (χ0v) is 14.7. The molecule has 1 N–H and O–H groups in total. The second-order valence-electron chi connectivity index (χ2n) is 6.35. The summed E-state index contributed by atoms with van der Waals surface area (Å²) in [6.07, 6.45) is 3.56. The second-order valence-corrected chi connectivity index (χ2v) is 6.35. The minimum absolute atomic E-state index is 0.560. The minimum Gasteiger partial charge on any atom is -0.364 e. The molecule has 1 aromatic carbocycles. The highest BCUT2D eigenvalue weighted by Crippen LogP contribution is 2.21. The van der Waals surface area contributed by atoms with Gasteiger partial charge in [-0.25, -0.2) is 9.97 Å². The van der Waals surface area contributed by atoms with Gasteiger partial charge in [-0.3, -0.25) is 0 Å². The first-order valence-corrected chi connectivity index (χ1v) is 8.71. The lowest BCUT2D eigenvalue weighted by atomic mass is 10.1. The van der Waals surface area contributed by atoms with Crippen LogP contribution in [0.2, 0.25) is 0 Å². The molecule has 5 rings (SSSR count). The first-order chi connectivity index (χ1) is 13.3. The number of nitrogens with zero attached hydrogens (tertiary/aromatic N) is 6. The van der Waals surface area contributed by atoms with Gasteiger partial charge in [-0.2, -0.15) is 14.6 Å². The van der Waals surface area contributed by atoms with E-state index in [1.54, 1.807) is 4.52 Å². The Morgan fingerprint density at radius 3 is 2.74 bits per heavy atom. The monoisotopic (exact) mass is 355 g/mol. The molecule has 0 spiro atoms. The molecule has 7 nitrogen and oxygen atoms in total. The van der Waals surface area contributed by atoms with Crippen molar-refractivity contribution in [1.29, 1.82) is 0 Å². The molecule has 0 saturated carbocycles. The van der Waals surface area contributed by atoms with E-state index in [1.807, 2.05) is 48.5 Å². The number of rotatable bonds is 4. The van der Waals surface area contributed by atoms with Crippen molar-refractivity contribution in [3.8, 4) is 11.3 Å². The molecule has 132 valence electrons. The third-order valence-electron chi connectivity index (χ3n) is 4.52. The SMILES string of the molecule is Cc1cccc2nc(CNc3cc(-c4ccccc4)nc4ncnn34)cn12. The van der Waals surface area contributed by atoms with Gasteiger partial charge in [-0.15, -0.1) is 0 Å². The Morgan fingerprint density at radius 1 is 1.00 bits per heavy atom. The standard InChI is InChI=1S/C20H17N7/c1-14-6-5-9-18-24-16(12-26(14)18)11-21-19-10-17(15-7-3-2-4-8-15)25-20-22-13-23-27(19)20/h2-10,12-13,21H,11H2,1H3. The van der Waals surface area contributed by atoms with Crippen molar-refractivity contribution in [1.82, 2.24) is 29.0 Å². The van der Waals surface area contributed by atoms with Gasteiger partial charge in [-0.1, -0.05) is 36.4 Å². The number of fused-ring (bicyclic) bond motifs is 2. The fourth-order valence-electron chi connectivity index (χ4n) is 3.16. The molecule has 0 saturated heterocycles. The summed E-state index contributed by atoms with van der Waals surface area (Å²) in [5, 5.41) is 7.70. The molecule has 4 aromatic heterocycles. The third kappa shape index (κ3) is 2.79. The molecular weight excluding hydrogens is 338 g/mol. The molecule has 27 heavy (non-hydrogen) atoms. The van der Waals surface area contributed by atoms with Crippen molar-refractivity contribution < 1.29 is 0 Å². The topological polar surface area (TPSA) is 72.4 Å². The van der Waals surface area contributed by atoms with Crippen LogP contribution in [0.4, 0.5) is 5.82 Å². The van der Waals surface area contributed by atoms with Gasteiger partial charge in [0.2, 0.25) is 0 Å². The maximum Gasteiger partial charge on any atom is 0.254 e. The van der Waals surface area contributed by atoms with Crippen molar-refractivity contribution in [3.05, 3.63) is 78.5 Å². The maximum atomic E-state index is 4.68. The highest BCUT2D eigenvalue weighted by molar-refractivity contribution is 5.65. The summed E-state index contributed by atoms with van der Waals surface area (Å²) in [4.78, 5) is 13.5. The molecule has 0 unspecified atom stereocenters. The average Bonchev–Trinajstić information content (AvgIpc) is 3.34. The molecule has 0 aliphatic carbocycles. The Balaban J connectivity index is 1.50. The molecule has 7 heteroatoms. The zero-order valence-electron chi connectivity index (χ0n) is 14.7. The van der Waals surface area contributed by atoms with Crippen LogP contribution in [0.3, 0.4) is 0 Å². The number of pyridine rings is 1. The normalized spacial score (nSPS) is 11.3. The third-order valence-corrected chi connectivity index (χ3v) is 4.52. The van der Waals surface area contributed by atoms with Crippen LogP contribution in [0.15, 0.2) is 67.1 Å². The molecule has 0 bridgehead atoms. The van der Waals surface area contributed by atoms with Crippen LogP contribution in [0.1, 0.15) is 11.4 Å². The Hall–Kier alpha value is -3.74. The van der Waals surface area contributed by atoms with E-state index in [0.29, 0.717) is 12.3 Å². The molecular formula is C20H17N7. The summed E-state index contributed by atoms with van der Waals surface area (Å²) in [6.45, 7) is 2.65. The molecule has 0 aliphatic rings. The quantitative estimate of drug-likeness (QED) is 0.535. The van der Waals surface area contributed by atoms with Gasteiger partial charge in [0.1, 0.15) is 17.8 Å². The van der Waals surface area contributed by atoms with E-state index in [0.717, 1.165) is 34.1 Å². The molecule has 0 amide bonds. The lowest BCUT2D eigenvalue weighted by Crippen LogP contribution is -2.07. The lowest BCUT2D eigenvalue weighted by molar-refractivity contribution is 0.921. The number of aryl methyl sites for hydroxylation is 1. The van der Waals surface area contributed by atoms with E-state index in [4.69, 9.17) is 0 Å². The van der Waals surface area contributed by atoms with E-state index in [9.17, 15) is 0 Å². The van der Waals surface area contributed by atoms with Crippen LogP contribution in [0.5, 0.6) is 0 Å². The Labute approximate surface area is 155 Å². The highest BCUT2D eigenvalue weighted by Gasteiger charge is 2.10. The van der Waals surface area contributed by atoms with Gasteiger partial charge in [0.15, 0.2) is 0 Å². The first-order valence-electron chi connectivity index (χ1n) is 8.71. The van der Waals surface area contributed by atoms with Gasteiger partial charge >= 0.3 is 0 Å². The number of benzene rings is 1. The Kier molecular flexibility index (Phi) is 3.57. The minimum atomic E-state index is 0.560. The van der Waals surface area contributed by atoms with Crippen LogP contribution in [-0.4, -0.2) is 29.0 Å². The van der Waals surface area contributed by atoms with E-state index in [1.165, 1.54) is 6.33 Å². The van der Waals surface area contributed by atoms with Crippen molar-refractivity contribution in [2.75, 3.05) is 5.32 Å². The van der Waals surface area contributed by atoms with Gasteiger partial charge in [-0.05, 0) is 19.1 Å². The maximum absolute atomic E-state index is 4.68. The van der Waals surface area contributed by atoms with Crippen molar-refractivity contribution in [3.63, 3.8) is 0 Å². The largest absolute Gasteiger partial charge is 0.364 e. The summed E-state index contributed by atoms with van der Waals surface area (Å²) in [6, 6.07) is 18.1. The summed E-state index contributed by atoms with van der Waals surface area (Å²) >= 11 is 0. The zero-order chi connectivity index (χ0) is 18.2. The summed E-state index contributed by atoms with van der Waals surface area (Å²) < 4.78 is 3.79.